The lowest BCUT2D eigenvalue weighted by atomic mass is 10.0. The third-order valence-electron chi connectivity index (χ3n) is 3.91. The van der Waals surface area contributed by atoms with Crippen molar-refractivity contribution in [2.75, 3.05) is 31.1 Å². The van der Waals surface area contributed by atoms with Gasteiger partial charge in [-0.2, -0.15) is 0 Å². The molecule has 0 radical (unpaired) electrons. The number of nitrogens with one attached hydrogen (secondary N) is 1. The standard InChI is InChI=1S/C16H25FN2O/c1-4-13-11-19(9-10-20-13)16-14(12(3)18-5-2)7-6-8-15(16)17/h6-8,12-13,18H,4-5,9-11H2,1-3H3. The normalized spacial score (nSPS) is 21.0. The lowest BCUT2D eigenvalue weighted by molar-refractivity contribution is 0.0381. The van der Waals surface area contributed by atoms with Gasteiger partial charge < -0.3 is 15.0 Å². The van der Waals surface area contributed by atoms with E-state index in [1.807, 2.05) is 6.07 Å². The Balaban J connectivity index is 2.29. The molecular weight excluding hydrogens is 255 g/mol. The minimum absolute atomic E-state index is 0.135. The van der Waals surface area contributed by atoms with Crippen molar-refractivity contribution < 1.29 is 9.13 Å². The first kappa shape index (κ1) is 15.3. The molecule has 1 aromatic rings. The second-order valence-electron chi connectivity index (χ2n) is 5.30. The van der Waals surface area contributed by atoms with E-state index in [1.54, 1.807) is 12.1 Å². The summed E-state index contributed by atoms with van der Waals surface area (Å²) in [5.41, 5.74) is 1.77. The Bertz CT molecular complexity index is 438. The van der Waals surface area contributed by atoms with Crippen LogP contribution >= 0.6 is 0 Å². The predicted molar refractivity (Wildman–Crippen MR) is 80.7 cm³/mol. The fraction of sp³-hybridized carbons (Fsp3) is 0.625. The minimum atomic E-state index is -0.135. The Morgan fingerprint density at radius 2 is 2.25 bits per heavy atom. The number of morpholine rings is 1. The van der Waals surface area contributed by atoms with Gasteiger partial charge in [0.2, 0.25) is 0 Å². The molecule has 0 spiro atoms. The van der Waals surface area contributed by atoms with Gasteiger partial charge in [0.05, 0.1) is 18.4 Å². The van der Waals surface area contributed by atoms with E-state index in [0.29, 0.717) is 6.61 Å². The summed E-state index contributed by atoms with van der Waals surface area (Å²) in [6.45, 7) is 9.32. The van der Waals surface area contributed by atoms with Crippen molar-refractivity contribution in [3.8, 4) is 0 Å². The van der Waals surface area contributed by atoms with E-state index in [4.69, 9.17) is 4.74 Å². The zero-order chi connectivity index (χ0) is 14.5. The molecular formula is C16H25FN2O. The van der Waals surface area contributed by atoms with Gasteiger partial charge >= 0.3 is 0 Å². The van der Waals surface area contributed by atoms with Crippen LogP contribution in [0.4, 0.5) is 10.1 Å². The molecule has 4 heteroatoms. The van der Waals surface area contributed by atoms with Gasteiger partial charge in [-0.05, 0) is 31.5 Å². The number of hydrogen-bond donors (Lipinski definition) is 1. The van der Waals surface area contributed by atoms with Crippen LogP contribution in [0.2, 0.25) is 0 Å². The van der Waals surface area contributed by atoms with Gasteiger partial charge in [0, 0.05) is 19.1 Å². The summed E-state index contributed by atoms with van der Waals surface area (Å²) in [6.07, 6.45) is 1.16. The molecule has 1 saturated heterocycles. The van der Waals surface area contributed by atoms with Gasteiger partial charge in [-0.3, -0.25) is 0 Å². The highest BCUT2D eigenvalue weighted by Gasteiger charge is 2.24. The fourth-order valence-corrected chi connectivity index (χ4v) is 2.80. The molecule has 2 rings (SSSR count). The second kappa shape index (κ2) is 7.04. The highest BCUT2D eigenvalue weighted by atomic mass is 19.1. The van der Waals surface area contributed by atoms with Crippen LogP contribution in [-0.4, -0.2) is 32.3 Å². The Hall–Kier alpha value is -1.13. The zero-order valence-electron chi connectivity index (χ0n) is 12.7. The smallest absolute Gasteiger partial charge is 0.146 e. The molecule has 1 aliphatic rings. The number of anilines is 1. The number of para-hydroxylation sites is 1. The quantitative estimate of drug-likeness (QED) is 0.897. The van der Waals surface area contributed by atoms with Crippen LogP contribution in [0, 0.1) is 5.82 Å². The van der Waals surface area contributed by atoms with Crippen LogP contribution in [0.1, 0.15) is 38.8 Å². The molecule has 0 aromatic heterocycles. The van der Waals surface area contributed by atoms with E-state index in [9.17, 15) is 4.39 Å². The Morgan fingerprint density at radius 1 is 1.45 bits per heavy atom. The van der Waals surface area contributed by atoms with Crippen molar-refractivity contribution in [2.45, 2.75) is 39.3 Å². The zero-order valence-corrected chi connectivity index (χ0v) is 12.7. The average molecular weight is 280 g/mol. The summed E-state index contributed by atoms with van der Waals surface area (Å²) in [6, 6.07) is 5.50. The van der Waals surface area contributed by atoms with Crippen LogP contribution in [0.5, 0.6) is 0 Å². The molecule has 1 fully saturated rings. The van der Waals surface area contributed by atoms with Gasteiger partial charge in [0.15, 0.2) is 0 Å². The number of benzene rings is 1. The predicted octanol–water partition coefficient (Wildman–Crippen LogP) is 3.11. The van der Waals surface area contributed by atoms with E-state index in [1.165, 1.54) is 0 Å². The van der Waals surface area contributed by atoms with Crippen molar-refractivity contribution in [3.63, 3.8) is 0 Å². The Labute approximate surface area is 121 Å². The lowest BCUT2D eigenvalue weighted by Crippen LogP contribution is -2.43. The number of halogens is 1. The SMILES string of the molecule is CCNC(C)c1cccc(F)c1N1CCOC(CC)C1. The number of rotatable bonds is 5. The van der Waals surface area contributed by atoms with E-state index in [2.05, 4.69) is 31.0 Å². The van der Waals surface area contributed by atoms with Gasteiger partial charge in [0.1, 0.15) is 5.82 Å². The third-order valence-corrected chi connectivity index (χ3v) is 3.91. The Morgan fingerprint density at radius 3 is 2.95 bits per heavy atom. The third kappa shape index (κ3) is 3.30. The first-order valence-electron chi connectivity index (χ1n) is 7.55. The summed E-state index contributed by atoms with van der Waals surface area (Å²) in [7, 11) is 0. The summed E-state index contributed by atoms with van der Waals surface area (Å²) in [5.74, 6) is -0.135. The summed E-state index contributed by atoms with van der Waals surface area (Å²) in [5, 5.41) is 3.37. The number of hydrogen-bond acceptors (Lipinski definition) is 3. The van der Waals surface area contributed by atoms with Gasteiger partial charge in [-0.25, -0.2) is 4.39 Å². The number of nitrogens with zero attached hydrogens (tertiary/aromatic N) is 1. The second-order valence-corrected chi connectivity index (χ2v) is 5.30. The molecule has 2 atom stereocenters. The van der Waals surface area contributed by atoms with Crippen molar-refractivity contribution >= 4 is 5.69 Å². The van der Waals surface area contributed by atoms with Crippen molar-refractivity contribution in [1.29, 1.82) is 0 Å². The first-order valence-corrected chi connectivity index (χ1v) is 7.55. The number of ether oxygens (including phenoxy) is 1. The van der Waals surface area contributed by atoms with E-state index in [-0.39, 0.29) is 18.0 Å². The van der Waals surface area contributed by atoms with Crippen LogP contribution in [-0.2, 0) is 4.74 Å². The molecule has 1 N–H and O–H groups in total. The molecule has 0 saturated carbocycles. The highest BCUT2D eigenvalue weighted by molar-refractivity contribution is 5.56. The molecule has 1 heterocycles. The molecule has 3 nitrogen and oxygen atoms in total. The molecule has 0 aliphatic carbocycles. The van der Waals surface area contributed by atoms with Crippen LogP contribution in [0.25, 0.3) is 0 Å². The van der Waals surface area contributed by atoms with Crippen molar-refractivity contribution in [2.24, 2.45) is 0 Å². The summed E-state index contributed by atoms with van der Waals surface area (Å²) in [4.78, 5) is 2.14. The van der Waals surface area contributed by atoms with E-state index >= 15 is 0 Å². The molecule has 2 unspecified atom stereocenters. The highest BCUT2D eigenvalue weighted by Crippen LogP contribution is 2.30. The molecule has 112 valence electrons. The summed E-state index contributed by atoms with van der Waals surface area (Å²) < 4.78 is 20.0. The topological polar surface area (TPSA) is 24.5 Å². The maximum atomic E-state index is 14.4. The van der Waals surface area contributed by atoms with E-state index < -0.39 is 0 Å². The molecule has 0 bridgehead atoms. The van der Waals surface area contributed by atoms with E-state index in [0.717, 1.165) is 37.3 Å². The summed E-state index contributed by atoms with van der Waals surface area (Å²) >= 11 is 0. The fourth-order valence-electron chi connectivity index (χ4n) is 2.80. The maximum absolute atomic E-state index is 14.4. The van der Waals surface area contributed by atoms with Crippen molar-refractivity contribution in [1.82, 2.24) is 5.32 Å². The Kier molecular flexibility index (Phi) is 5.38. The van der Waals surface area contributed by atoms with Crippen LogP contribution < -0.4 is 10.2 Å². The first-order chi connectivity index (χ1) is 9.67. The van der Waals surface area contributed by atoms with Crippen LogP contribution in [0.3, 0.4) is 0 Å². The largest absolute Gasteiger partial charge is 0.375 e. The van der Waals surface area contributed by atoms with Gasteiger partial charge in [-0.15, -0.1) is 0 Å². The lowest BCUT2D eigenvalue weighted by Gasteiger charge is -2.36. The molecule has 20 heavy (non-hydrogen) atoms. The van der Waals surface area contributed by atoms with Crippen LogP contribution in [0.15, 0.2) is 18.2 Å². The average Bonchev–Trinajstić information content (AvgIpc) is 2.47. The molecule has 0 amide bonds. The van der Waals surface area contributed by atoms with Gasteiger partial charge in [0.25, 0.3) is 0 Å². The maximum Gasteiger partial charge on any atom is 0.146 e. The molecule has 1 aliphatic heterocycles. The van der Waals surface area contributed by atoms with Gasteiger partial charge in [-0.1, -0.05) is 26.0 Å². The monoisotopic (exact) mass is 280 g/mol. The molecule has 1 aromatic carbocycles. The minimum Gasteiger partial charge on any atom is -0.375 e. The van der Waals surface area contributed by atoms with Crippen molar-refractivity contribution in [3.05, 3.63) is 29.6 Å².